The third-order valence-corrected chi connectivity index (χ3v) is 4.09. The molecule has 0 spiro atoms. The first-order chi connectivity index (χ1) is 7.64. The number of hydrogen-bond donors (Lipinski definition) is 0. The molecule has 0 aromatic rings. The summed E-state index contributed by atoms with van der Waals surface area (Å²) in [6.45, 7) is 10.9. The lowest BCUT2D eigenvalue weighted by molar-refractivity contribution is -0.186. The number of esters is 1. The van der Waals surface area contributed by atoms with Crippen molar-refractivity contribution in [2.24, 2.45) is 0 Å². The van der Waals surface area contributed by atoms with Crippen LogP contribution in [0.3, 0.4) is 0 Å². The molecule has 0 N–H and O–H groups in total. The van der Waals surface area contributed by atoms with Crippen LogP contribution < -0.4 is 0 Å². The summed E-state index contributed by atoms with van der Waals surface area (Å²) in [5.41, 5.74) is -0.495. The Labute approximate surface area is 99.8 Å². The molecule has 0 atom stereocenters. The van der Waals surface area contributed by atoms with Gasteiger partial charge in [-0.05, 0) is 13.8 Å². The molecule has 0 amide bonds. The first kappa shape index (κ1) is 15.3. The van der Waals surface area contributed by atoms with Crippen LogP contribution in [0.2, 0.25) is 6.55 Å². The van der Waals surface area contributed by atoms with Crippen molar-refractivity contribution in [3.8, 4) is 0 Å². The standard InChI is InChI=1S/C11H22O4Si/c1-5-10(12)13-9-8-11(16-4,14-6-2)15-7-3/h5H,1,6-9,16H2,2-4H3. The van der Waals surface area contributed by atoms with Gasteiger partial charge in [-0.3, -0.25) is 0 Å². The predicted octanol–water partition coefficient (Wildman–Crippen LogP) is 1.05. The van der Waals surface area contributed by atoms with Crippen LogP contribution in [0.15, 0.2) is 12.7 Å². The highest BCUT2D eigenvalue weighted by molar-refractivity contribution is 6.37. The molecule has 16 heavy (non-hydrogen) atoms. The van der Waals surface area contributed by atoms with Gasteiger partial charge in [0.15, 0.2) is 0 Å². The molecule has 0 aliphatic carbocycles. The maximum Gasteiger partial charge on any atom is 0.330 e. The summed E-state index contributed by atoms with van der Waals surface area (Å²) in [7, 11) is -0.514. The molecule has 4 nitrogen and oxygen atoms in total. The lowest BCUT2D eigenvalue weighted by Crippen LogP contribution is -2.42. The van der Waals surface area contributed by atoms with Crippen molar-refractivity contribution in [2.45, 2.75) is 32.2 Å². The van der Waals surface area contributed by atoms with Gasteiger partial charge < -0.3 is 14.2 Å². The molecule has 0 heterocycles. The van der Waals surface area contributed by atoms with Gasteiger partial charge in [0.25, 0.3) is 0 Å². The highest BCUT2D eigenvalue weighted by Gasteiger charge is 2.29. The highest BCUT2D eigenvalue weighted by atomic mass is 28.2. The summed E-state index contributed by atoms with van der Waals surface area (Å²) in [6.07, 6.45) is 1.75. The van der Waals surface area contributed by atoms with E-state index in [1.54, 1.807) is 0 Å². The molecule has 0 aliphatic heterocycles. The monoisotopic (exact) mass is 246 g/mol. The summed E-state index contributed by atoms with van der Waals surface area (Å²) in [5.74, 6) is -0.403. The summed E-state index contributed by atoms with van der Waals surface area (Å²) in [6, 6.07) is 0. The Morgan fingerprint density at radius 1 is 1.38 bits per heavy atom. The molecule has 0 aromatic carbocycles. The second kappa shape index (κ2) is 8.49. The summed E-state index contributed by atoms with van der Waals surface area (Å²) in [5, 5.41) is 0. The third kappa shape index (κ3) is 5.44. The van der Waals surface area contributed by atoms with E-state index >= 15 is 0 Å². The van der Waals surface area contributed by atoms with Gasteiger partial charge in [0, 0.05) is 25.7 Å². The van der Waals surface area contributed by atoms with Crippen molar-refractivity contribution >= 4 is 15.5 Å². The predicted molar refractivity (Wildman–Crippen MR) is 66.2 cm³/mol. The molecule has 0 radical (unpaired) electrons. The molecule has 0 saturated carbocycles. The molecule has 0 aromatic heterocycles. The Kier molecular flexibility index (Phi) is 8.15. The number of ether oxygens (including phenoxy) is 3. The maximum atomic E-state index is 10.9. The van der Waals surface area contributed by atoms with E-state index in [0.29, 0.717) is 26.2 Å². The highest BCUT2D eigenvalue weighted by Crippen LogP contribution is 2.17. The minimum Gasteiger partial charge on any atom is -0.462 e. The molecule has 0 saturated heterocycles. The van der Waals surface area contributed by atoms with Crippen LogP contribution in [0, 0.1) is 0 Å². The number of carbonyl (C=O) groups is 1. The Morgan fingerprint density at radius 2 is 1.94 bits per heavy atom. The van der Waals surface area contributed by atoms with Gasteiger partial charge in [-0.15, -0.1) is 0 Å². The summed E-state index contributed by atoms with van der Waals surface area (Å²) in [4.78, 5) is 10.9. The Hall–Kier alpha value is -0.653. The molecule has 94 valence electrons. The van der Waals surface area contributed by atoms with Crippen molar-refractivity contribution in [2.75, 3.05) is 19.8 Å². The smallest absolute Gasteiger partial charge is 0.330 e. The van der Waals surface area contributed by atoms with Crippen molar-refractivity contribution in [3.05, 3.63) is 12.7 Å². The Bertz CT molecular complexity index is 212. The van der Waals surface area contributed by atoms with Gasteiger partial charge >= 0.3 is 5.97 Å². The van der Waals surface area contributed by atoms with E-state index in [1.165, 1.54) is 0 Å². The zero-order valence-corrected chi connectivity index (χ0v) is 11.9. The maximum absolute atomic E-state index is 10.9. The fourth-order valence-electron chi connectivity index (χ4n) is 1.46. The number of carbonyl (C=O) groups excluding carboxylic acids is 1. The molecular weight excluding hydrogens is 224 g/mol. The molecule has 0 unspecified atom stereocenters. The van der Waals surface area contributed by atoms with Crippen LogP contribution in [0.25, 0.3) is 0 Å². The van der Waals surface area contributed by atoms with E-state index in [0.717, 1.165) is 6.08 Å². The van der Waals surface area contributed by atoms with Gasteiger partial charge in [-0.2, -0.15) is 0 Å². The Balaban J connectivity index is 4.18. The van der Waals surface area contributed by atoms with Gasteiger partial charge in [0.05, 0.1) is 16.1 Å². The van der Waals surface area contributed by atoms with Crippen molar-refractivity contribution in [1.29, 1.82) is 0 Å². The summed E-state index contributed by atoms with van der Waals surface area (Å²) >= 11 is 0. The Morgan fingerprint density at radius 3 is 2.31 bits per heavy atom. The van der Waals surface area contributed by atoms with E-state index in [2.05, 4.69) is 13.1 Å². The van der Waals surface area contributed by atoms with Gasteiger partial charge in [-0.1, -0.05) is 13.1 Å². The van der Waals surface area contributed by atoms with Crippen LogP contribution >= 0.6 is 0 Å². The molecular formula is C11H22O4Si. The largest absolute Gasteiger partial charge is 0.462 e. The van der Waals surface area contributed by atoms with Crippen LogP contribution in [0.5, 0.6) is 0 Å². The minimum atomic E-state index is -0.514. The second-order valence-electron chi connectivity index (χ2n) is 3.25. The van der Waals surface area contributed by atoms with E-state index in [9.17, 15) is 4.79 Å². The number of rotatable bonds is 9. The average Bonchev–Trinajstić information content (AvgIpc) is 2.29. The van der Waals surface area contributed by atoms with Crippen molar-refractivity contribution in [3.63, 3.8) is 0 Å². The molecule has 0 rings (SSSR count). The second-order valence-corrected chi connectivity index (χ2v) is 5.04. The fraction of sp³-hybridized carbons (Fsp3) is 0.727. The SMILES string of the molecule is C=CC(=O)OCCC(OCC)(OCC)[SiH2]C. The van der Waals surface area contributed by atoms with Crippen molar-refractivity contribution < 1.29 is 19.0 Å². The zero-order valence-electron chi connectivity index (χ0n) is 10.5. The van der Waals surface area contributed by atoms with Gasteiger partial charge in [0.2, 0.25) is 0 Å². The summed E-state index contributed by atoms with van der Waals surface area (Å²) < 4.78 is 16.3. The normalized spacial score (nSPS) is 11.9. The van der Waals surface area contributed by atoms with Gasteiger partial charge in [0.1, 0.15) is 5.41 Å². The van der Waals surface area contributed by atoms with Gasteiger partial charge in [-0.25, -0.2) is 4.79 Å². The third-order valence-electron chi connectivity index (χ3n) is 2.25. The fourth-order valence-corrected chi connectivity index (χ4v) is 2.77. The molecule has 0 fully saturated rings. The van der Waals surface area contributed by atoms with E-state index in [-0.39, 0.29) is 0 Å². The van der Waals surface area contributed by atoms with Crippen LogP contribution in [0.4, 0.5) is 0 Å². The first-order valence-electron chi connectivity index (χ1n) is 5.71. The molecule has 5 heteroatoms. The van der Waals surface area contributed by atoms with Crippen LogP contribution in [0.1, 0.15) is 20.3 Å². The topological polar surface area (TPSA) is 44.8 Å². The number of hydrogen-bond acceptors (Lipinski definition) is 4. The quantitative estimate of drug-likeness (QED) is 0.264. The lowest BCUT2D eigenvalue weighted by atomic mass is 10.4. The first-order valence-corrected chi connectivity index (χ1v) is 7.83. The van der Waals surface area contributed by atoms with Crippen molar-refractivity contribution in [1.82, 2.24) is 0 Å². The molecule has 0 bridgehead atoms. The van der Waals surface area contributed by atoms with E-state index in [1.807, 2.05) is 13.8 Å². The lowest BCUT2D eigenvalue weighted by Gasteiger charge is -2.32. The van der Waals surface area contributed by atoms with E-state index in [4.69, 9.17) is 14.2 Å². The average molecular weight is 246 g/mol. The molecule has 0 aliphatic rings. The van der Waals surface area contributed by atoms with Crippen LogP contribution in [-0.2, 0) is 19.0 Å². The zero-order chi connectivity index (χ0) is 12.4. The minimum absolute atomic E-state index is 0.311. The van der Waals surface area contributed by atoms with E-state index < -0.39 is 20.9 Å². The van der Waals surface area contributed by atoms with Crippen LogP contribution in [-0.4, -0.2) is 40.7 Å².